The Morgan fingerprint density at radius 1 is 1.00 bits per heavy atom. The fourth-order valence-electron chi connectivity index (χ4n) is 1.37. The van der Waals surface area contributed by atoms with Gasteiger partial charge in [-0.3, -0.25) is 0 Å². The number of rotatable bonds is 5. The molecule has 20 heavy (non-hydrogen) atoms. The molecule has 2 aromatic rings. The molecule has 0 fully saturated rings. The molecular formula is C13H13Cl2N3O2. The van der Waals surface area contributed by atoms with E-state index in [2.05, 4.69) is 15.0 Å². The zero-order valence-corrected chi connectivity index (χ0v) is 12.5. The van der Waals surface area contributed by atoms with Crippen LogP contribution in [0.25, 0.3) is 0 Å². The summed E-state index contributed by atoms with van der Waals surface area (Å²) >= 11 is 11.6. The van der Waals surface area contributed by atoms with Crippen molar-refractivity contribution in [3.63, 3.8) is 0 Å². The number of nitrogens with zero attached hydrogens (tertiary/aromatic N) is 3. The van der Waals surface area contributed by atoms with Gasteiger partial charge in [-0.15, -0.1) is 4.98 Å². The molecule has 0 radical (unpaired) electrons. The van der Waals surface area contributed by atoms with Crippen LogP contribution in [-0.4, -0.2) is 21.1 Å². The van der Waals surface area contributed by atoms with Gasteiger partial charge in [0.15, 0.2) is 0 Å². The Morgan fingerprint density at radius 3 is 2.30 bits per heavy atom. The Kier molecular flexibility index (Phi) is 4.98. The van der Waals surface area contributed by atoms with Crippen LogP contribution in [0.2, 0.25) is 10.3 Å². The van der Waals surface area contributed by atoms with Gasteiger partial charge in [0.05, 0.1) is 6.10 Å². The van der Waals surface area contributed by atoms with Gasteiger partial charge >= 0.3 is 12.0 Å². The van der Waals surface area contributed by atoms with Crippen molar-refractivity contribution in [2.75, 3.05) is 0 Å². The number of ether oxygens (including phenoxy) is 2. The van der Waals surface area contributed by atoms with Crippen molar-refractivity contribution in [1.29, 1.82) is 0 Å². The fraction of sp³-hybridized carbons (Fsp3) is 0.308. The summed E-state index contributed by atoms with van der Waals surface area (Å²) in [6, 6.07) is 7.55. The smallest absolute Gasteiger partial charge is 0.324 e. The van der Waals surface area contributed by atoms with Gasteiger partial charge in [0.25, 0.3) is 0 Å². The van der Waals surface area contributed by atoms with Crippen LogP contribution in [0.3, 0.4) is 0 Å². The lowest BCUT2D eigenvalue weighted by atomic mass is 10.2. The zero-order valence-electron chi connectivity index (χ0n) is 11.0. The topological polar surface area (TPSA) is 57.1 Å². The first-order chi connectivity index (χ1) is 9.52. The second-order valence-electron chi connectivity index (χ2n) is 4.25. The molecule has 0 unspecified atom stereocenters. The van der Waals surface area contributed by atoms with Gasteiger partial charge in [-0.2, -0.15) is 9.97 Å². The monoisotopic (exact) mass is 313 g/mol. The van der Waals surface area contributed by atoms with Crippen LogP contribution >= 0.6 is 23.2 Å². The molecule has 2 rings (SSSR count). The van der Waals surface area contributed by atoms with Gasteiger partial charge in [-0.05, 0) is 43.1 Å². The van der Waals surface area contributed by atoms with E-state index in [-0.39, 0.29) is 23.4 Å². The first-order valence-corrected chi connectivity index (χ1v) is 6.74. The Labute approximate surface area is 126 Å². The summed E-state index contributed by atoms with van der Waals surface area (Å²) in [4.78, 5) is 11.8. The number of hydrogen-bond donors (Lipinski definition) is 0. The van der Waals surface area contributed by atoms with Gasteiger partial charge < -0.3 is 9.47 Å². The summed E-state index contributed by atoms with van der Waals surface area (Å²) < 4.78 is 10.8. The van der Waals surface area contributed by atoms with Crippen molar-refractivity contribution in [2.45, 2.75) is 26.6 Å². The Bertz CT molecular complexity index is 576. The molecule has 7 heteroatoms. The summed E-state index contributed by atoms with van der Waals surface area (Å²) in [6.07, 6.45) is -0.0578. The van der Waals surface area contributed by atoms with E-state index in [4.69, 9.17) is 32.7 Å². The van der Waals surface area contributed by atoms with Gasteiger partial charge in [-0.1, -0.05) is 23.7 Å². The maximum Gasteiger partial charge on any atom is 0.324 e. The van der Waals surface area contributed by atoms with Gasteiger partial charge in [0.1, 0.15) is 6.61 Å². The Morgan fingerprint density at radius 2 is 1.65 bits per heavy atom. The normalized spacial score (nSPS) is 10.7. The third kappa shape index (κ3) is 4.51. The molecule has 0 spiro atoms. The van der Waals surface area contributed by atoms with E-state index in [0.29, 0.717) is 11.6 Å². The van der Waals surface area contributed by atoms with E-state index in [1.807, 2.05) is 26.0 Å². The molecule has 0 atom stereocenters. The molecule has 106 valence electrons. The summed E-state index contributed by atoms with van der Waals surface area (Å²) in [5.41, 5.74) is 0.942. The van der Waals surface area contributed by atoms with Crippen LogP contribution < -0.4 is 9.47 Å². The second kappa shape index (κ2) is 6.72. The Hall–Kier alpha value is -1.59. The predicted octanol–water partition coefficient (Wildman–Crippen LogP) is 3.54. The van der Waals surface area contributed by atoms with E-state index < -0.39 is 0 Å². The third-order valence-electron chi connectivity index (χ3n) is 2.19. The van der Waals surface area contributed by atoms with E-state index in [0.717, 1.165) is 5.56 Å². The van der Waals surface area contributed by atoms with Gasteiger partial charge in [0, 0.05) is 5.02 Å². The minimum Gasteiger partial charge on any atom is -0.461 e. The molecule has 1 aromatic carbocycles. The van der Waals surface area contributed by atoms with E-state index in [1.165, 1.54) is 0 Å². The average molecular weight is 314 g/mol. The summed E-state index contributed by atoms with van der Waals surface area (Å²) in [5.74, 6) is 0. The van der Waals surface area contributed by atoms with Crippen LogP contribution in [-0.2, 0) is 6.61 Å². The lowest BCUT2D eigenvalue weighted by Crippen LogP contribution is -2.10. The fourth-order valence-corrected chi connectivity index (χ4v) is 1.64. The third-order valence-corrected chi connectivity index (χ3v) is 2.61. The van der Waals surface area contributed by atoms with Crippen molar-refractivity contribution < 1.29 is 9.47 Å². The molecule has 0 N–H and O–H groups in total. The molecule has 0 aliphatic rings. The molecule has 0 saturated carbocycles. The molecule has 0 bridgehead atoms. The molecule has 1 heterocycles. The maximum atomic E-state index is 5.81. The van der Waals surface area contributed by atoms with Gasteiger partial charge in [-0.25, -0.2) is 0 Å². The lowest BCUT2D eigenvalue weighted by molar-refractivity contribution is 0.211. The van der Waals surface area contributed by atoms with Crippen LogP contribution in [0, 0.1) is 0 Å². The van der Waals surface area contributed by atoms with Crippen LogP contribution in [0.15, 0.2) is 24.3 Å². The Balaban J connectivity index is 2.05. The summed E-state index contributed by atoms with van der Waals surface area (Å²) in [7, 11) is 0. The molecule has 1 aromatic heterocycles. The quantitative estimate of drug-likeness (QED) is 0.845. The minimum atomic E-state index is -0.0578. The first kappa shape index (κ1) is 14.8. The van der Waals surface area contributed by atoms with Crippen LogP contribution in [0.5, 0.6) is 12.0 Å². The van der Waals surface area contributed by atoms with E-state index in [1.54, 1.807) is 12.1 Å². The van der Waals surface area contributed by atoms with Crippen molar-refractivity contribution >= 4 is 23.2 Å². The van der Waals surface area contributed by atoms with Crippen molar-refractivity contribution in [1.82, 2.24) is 15.0 Å². The number of hydrogen-bond acceptors (Lipinski definition) is 5. The highest BCUT2D eigenvalue weighted by molar-refractivity contribution is 6.30. The molecular weight excluding hydrogens is 301 g/mol. The standard InChI is InChI=1S/C13H13Cl2N3O2/c1-8(2)20-13-17-11(15)16-12(18-13)19-7-9-3-5-10(14)6-4-9/h3-6,8H,7H2,1-2H3. The summed E-state index contributed by atoms with van der Waals surface area (Å²) in [5, 5.41) is 0.700. The molecule has 0 aliphatic carbocycles. The average Bonchev–Trinajstić information content (AvgIpc) is 2.36. The van der Waals surface area contributed by atoms with Crippen LogP contribution in [0.1, 0.15) is 19.4 Å². The zero-order chi connectivity index (χ0) is 14.5. The van der Waals surface area contributed by atoms with Crippen LogP contribution in [0.4, 0.5) is 0 Å². The molecule has 0 amide bonds. The number of halogens is 2. The van der Waals surface area contributed by atoms with E-state index in [9.17, 15) is 0 Å². The van der Waals surface area contributed by atoms with E-state index >= 15 is 0 Å². The predicted molar refractivity (Wildman–Crippen MR) is 76.4 cm³/mol. The largest absolute Gasteiger partial charge is 0.461 e. The minimum absolute atomic E-state index is 0.0294. The molecule has 0 saturated heterocycles. The second-order valence-corrected chi connectivity index (χ2v) is 5.03. The highest BCUT2D eigenvalue weighted by atomic mass is 35.5. The van der Waals surface area contributed by atoms with Crippen molar-refractivity contribution in [3.8, 4) is 12.0 Å². The lowest BCUT2D eigenvalue weighted by Gasteiger charge is -2.09. The molecule has 0 aliphatic heterocycles. The SMILES string of the molecule is CC(C)Oc1nc(Cl)nc(OCc2ccc(Cl)cc2)n1. The highest BCUT2D eigenvalue weighted by Crippen LogP contribution is 2.16. The highest BCUT2D eigenvalue weighted by Gasteiger charge is 2.09. The maximum absolute atomic E-state index is 5.81. The first-order valence-electron chi connectivity index (χ1n) is 5.98. The molecule has 5 nitrogen and oxygen atoms in total. The van der Waals surface area contributed by atoms with Gasteiger partial charge in [0.2, 0.25) is 5.28 Å². The number of benzene rings is 1. The summed E-state index contributed by atoms with van der Waals surface area (Å²) in [6.45, 7) is 4.04. The van der Waals surface area contributed by atoms with Crippen molar-refractivity contribution in [2.24, 2.45) is 0 Å². The van der Waals surface area contributed by atoms with Crippen molar-refractivity contribution in [3.05, 3.63) is 40.1 Å². The number of aromatic nitrogens is 3.